The first-order valence-electron chi connectivity index (χ1n) is 7.12. The van der Waals surface area contributed by atoms with Crippen molar-refractivity contribution in [3.05, 3.63) is 58.5 Å². The van der Waals surface area contributed by atoms with Crippen LogP contribution in [-0.4, -0.2) is 41.0 Å². The summed E-state index contributed by atoms with van der Waals surface area (Å²) < 4.78 is 9.34. The van der Waals surface area contributed by atoms with Gasteiger partial charge < -0.3 is 14.3 Å². The lowest BCUT2D eigenvalue weighted by molar-refractivity contribution is -0.160. The van der Waals surface area contributed by atoms with Gasteiger partial charge in [-0.3, -0.25) is 19.2 Å². The molecule has 8 heteroatoms. The Morgan fingerprint density at radius 1 is 0.960 bits per heavy atom. The van der Waals surface area contributed by atoms with Crippen LogP contribution in [0.4, 0.5) is 0 Å². The number of hydrogen-bond donors (Lipinski definition) is 1. The number of Topliss-reactive ketones (excluding diaryl/α,β-unsaturated/α-hetero) is 1. The summed E-state index contributed by atoms with van der Waals surface area (Å²) >= 11 is 0. The highest BCUT2D eigenvalue weighted by Gasteiger charge is 2.34. The van der Waals surface area contributed by atoms with Crippen LogP contribution in [0.3, 0.4) is 0 Å². The molecule has 0 amide bonds. The molecule has 1 aromatic heterocycles. The number of aliphatic hydroxyl groups is 1. The van der Waals surface area contributed by atoms with Crippen LogP contribution in [0.25, 0.3) is 0 Å². The summed E-state index contributed by atoms with van der Waals surface area (Å²) in [6.45, 7) is -1.00. The Kier molecular flexibility index (Phi) is 4.12. The van der Waals surface area contributed by atoms with Crippen molar-refractivity contribution in [2.45, 2.75) is 6.42 Å². The maximum atomic E-state index is 12.4. The molecule has 1 aliphatic carbocycles. The van der Waals surface area contributed by atoms with E-state index in [4.69, 9.17) is 9.52 Å². The number of carbonyl (C=O) groups excluding carboxylic acids is 5. The molecule has 1 aromatic carbocycles. The zero-order valence-corrected chi connectivity index (χ0v) is 12.6. The Labute approximate surface area is 140 Å². The van der Waals surface area contributed by atoms with Gasteiger partial charge in [-0.05, 0) is 6.07 Å². The first-order chi connectivity index (χ1) is 11.9. The van der Waals surface area contributed by atoms with Gasteiger partial charge in [-0.1, -0.05) is 24.3 Å². The Hall–Kier alpha value is -3.39. The molecule has 0 bridgehead atoms. The topological polar surface area (TPSA) is 128 Å². The lowest BCUT2D eigenvalue weighted by Crippen LogP contribution is -2.18. The molecule has 0 fully saturated rings. The number of ketones is 3. The summed E-state index contributed by atoms with van der Waals surface area (Å²) in [6.07, 6.45) is -0.840. The van der Waals surface area contributed by atoms with Gasteiger partial charge >= 0.3 is 11.9 Å². The minimum atomic E-state index is -1.20. The molecule has 1 heterocycles. The summed E-state index contributed by atoms with van der Waals surface area (Å²) in [6, 6.07) is 7.26. The first kappa shape index (κ1) is 16.5. The van der Waals surface area contributed by atoms with Crippen molar-refractivity contribution in [2.24, 2.45) is 0 Å². The van der Waals surface area contributed by atoms with Crippen molar-refractivity contribution in [3.63, 3.8) is 0 Å². The van der Waals surface area contributed by atoms with E-state index in [0.29, 0.717) is 0 Å². The largest absolute Gasteiger partial charge is 0.449 e. The molecule has 1 aliphatic rings. The van der Waals surface area contributed by atoms with Gasteiger partial charge in [0.1, 0.15) is 13.0 Å². The lowest BCUT2D eigenvalue weighted by Gasteiger charge is -2.11. The molecule has 2 aromatic rings. The van der Waals surface area contributed by atoms with Gasteiger partial charge in [0.2, 0.25) is 11.6 Å². The number of fused-ring (bicyclic) bond motifs is 2. The van der Waals surface area contributed by atoms with E-state index < -0.39 is 42.3 Å². The van der Waals surface area contributed by atoms with Crippen molar-refractivity contribution < 1.29 is 38.2 Å². The molecule has 1 N–H and O–H groups in total. The Bertz CT molecular complexity index is 881. The fourth-order valence-corrected chi connectivity index (χ4v) is 2.43. The number of furan rings is 1. The standard InChI is InChI=1S/C17H10O8/c18-7-14(21)25-13(20)6-11(19)12-5-10-15(22)8-3-1-2-4-9(8)16(23)17(10)24-12/h1-5,18H,6-7H2. The number of ether oxygens (including phenoxy) is 1. The van der Waals surface area contributed by atoms with Gasteiger partial charge in [0, 0.05) is 11.1 Å². The third kappa shape index (κ3) is 2.90. The van der Waals surface area contributed by atoms with Crippen molar-refractivity contribution in [3.8, 4) is 0 Å². The van der Waals surface area contributed by atoms with Gasteiger partial charge in [0.05, 0.1) is 5.56 Å². The normalized spacial score (nSPS) is 12.4. The number of esters is 2. The molecule has 126 valence electrons. The van der Waals surface area contributed by atoms with Crippen LogP contribution in [0.15, 0.2) is 34.7 Å². The molecule has 0 unspecified atom stereocenters. The van der Waals surface area contributed by atoms with Crippen LogP contribution < -0.4 is 0 Å². The van der Waals surface area contributed by atoms with E-state index in [-0.39, 0.29) is 28.2 Å². The molecular weight excluding hydrogens is 332 g/mol. The zero-order chi connectivity index (χ0) is 18.1. The highest BCUT2D eigenvalue weighted by Crippen LogP contribution is 2.29. The maximum Gasteiger partial charge on any atom is 0.339 e. The SMILES string of the molecule is O=C(CO)OC(=O)CC(=O)c1cc2c(o1)C(=O)c1ccccc1C2=O. The molecular formula is C17H10O8. The first-order valence-corrected chi connectivity index (χ1v) is 7.12. The summed E-state index contributed by atoms with van der Waals surface area (Å²) in [7, 11) is 0. The summed E-state index contributed by atoms with van der Waals surface area (Å²) in [5, 5.41) is 8.48. The van der Waals surface area contributed by atoms with Gasteiger partial charge in [0.25, 0.3) is 0 Å². The predicted octanol–water partition coefficient (Wildman–Crippen LogP) is 0.690. The third-order valence-corrected chi connectivity index (χ3v) is 3.54. The van der Waals surface area contributed by atoms with E-state index in [0.717, 1.165) is 6.07 Å². The predicted molar refractivity (Wildman–Crippen MR) is 79.1 cm³/mol. The van der Waals surface area contributed by atoms with Crippen molar-refractivity contribution in [2.75, 3.05) is 6.61 Å². The average Bonchev–Trinajstić information content (AvgIpc) is 3.05. The second kappa shape index (κ2) is 6.25. The van der Waals surface area contributed by atoms with E-state index >= 15 is 0 Å². The van der Waals surface area contributed by atoms with Gasteiger partial charge in [0.15, 0.2) is 17.3 Å². The van der Waals surface area contributed by atoms with Crippen LogP contribution in [0.1, 0.15) is 49.0 Å². The molecule has 3 rings (SSSR count). The van der Waals surface area contributed by atoms with E-state index in [1.165, 1.54) is 12.1 Å². The van der Waals surface area contributed by atoms with Crippen molar-refractivity contribution in [1.82, 2.24) is 0 Å². The molecule has 8 nitrogen and oxygen atoms in total. The summed E-state index contributed by atoms with van der Waals surface area (Å²) in [5.41, 5.74) is 0.306. The smallest absolute Gasteiger partial charge is 0.339 e. The van der Waals surface area contributed by atoms with Crippen LogP contribution >= 0.6 is 0 Å². The Morgan fingerprint density at radius 3 is 2.24 bits per heavy atom. The second-order valence-corrected chi connectivity index (χ2v) is 5.16. The van der Waals surface area contributed by atoms with Crippen LogP contribution in [0, 0.1) is 0 Å². The van der Waals surface area contributed by atoms with E-state index in [9.17, 15) is 24.0 Å². The molecule has 0 saturated carbocycles. The minimum Gasteiger partial charge on any atom is -0.449 e. The number of hydrogen-bond acceptors (Lipinski definition) is 8. The highest BCUT2D eigenvalue weighted by atomic mass is 16.6. The second-order valence-electron chi connectivity index (χ2n) is 5.16. The van der Waals surface area contributed by atoms with Crippen LogP contribution in [0.5, 0.6) is 0 Å². The average molecular weight is 342 g/mol. The number of rotatable bonds is 4. The molecule has 0 saturated heterocycles. The summed E-state index contributed by atoms with van der Waals surface area (Å²) in [5.74, 6) is -4.89. The highest BCUT2D eigenvalue weighted by molar-refractivity contribution is 6.28. The maximum absolute atomic E-state index is 12.4. The van der Waals surface area contributed by atoms with Crippen molar-refractivity contribution in [1.29, 1.82) is 0 Å². The fraction of sp³-hybridized carbons (Fsp3) is 0.118. The van der Waals surface area contributed by atoms with E-state index in [1.807, 2.05) is 0 Å². The monoisotopic (exact) mass is 342 g/mol. The minimum absolute atomic E-state index is 0.0631. The van der Waals surface area contributed by atoms with Gasteiger partial charge in [-0.2, -0.15) is 0 Å². The number of aliphatic hydroxyl groups excluding tert-OH is 1. The van der Waals surface area contributed by atoms with Gasteiger partial charge in [-0.15, -0.1) is 0 Å². The molecule has 0 atom stereocenters. The quantitative estimate of drug-likeness (QED) is 0.417. The molecule has 0 aliphatic heterocycles. The number of benzene rings is 1. The molecule has 25 heavy (non-hydrogen) atoms. The van der Waals surface area contributed by atoms with E-state index in [2.05, 4.69) is 4.74 Å². The van der Waals surface area contributed by atoms with Crippen LogP contribution in [-0.2, 0) is 14.3 Å². The van der Waals surface area contributed by atoms with Gasteiger partial charge in [-0.25, -0.2) is 4.79 Å². The summed E-state index contributed by atoms with van der Waals surface area (Å²) in [4.78, 5) is 59.0. The number of carbonyl (C=O) groups is 5. The Morgan fingerprint density at radius 2 is 1.60 bits per heavy atom. The van der Waals surface area contributed by atoms with E-state index in [1.54, 1.807) is 12.1 Å². The Balaban J connectivity index is 1.86. The fourth-order valence-electron chi connectivity index (χ4n) is 2.43. The van der Waals surface area contributed by atoms with Crippen molar-refractivity contribution >= 4 is 29.3 Å². The van der Waals surface area contributed by atoms with Crippen LogP contribution in [0.2, 0.25) is 0 Å². The third-order valence-electron chi connectivity index (χ3n) is 3.54. The molecule has 0 radical (unpaired) electrons. The molecule has 0 spiro atoms. The lowest BCUT2D eigenvalue weighted by atomic mass is 9.88. The zero-order valence-electron chi connectivity index (χ0n) is 12.6.